The molecule has 19 heavy (non-hydrogen) atoms. The number of hydrogen-bond donors (Lipinski definition) is 1. The highest BCUT2D eigenvalue weighted by atomic mass is 32.2. The van der Waals surface area contributed by atoms with Crippen LogP contribution in [0.3, 0.4) is 0 Å². The van der Waals surface area contributed by atoms with Crippen LogP contribution in [0.4, 0.5) is 0 Å². The topological polar surface area (TPSA) is 69.4 Å². The largest absolute Gasteiger partial charge is 0.399 e. The lowest BCUT2D eigenvalue weighted by Gasteiger charge is -2.30. The van der Waals surface area contributed by atoms with Gasteiger partial charge in [-0.2, -0.15) is 8.42 Å². The minimum absolute atomic E-state index is 0.281. The zero-order valence-corrected chi connectivity index (χ0v) is 12.0. The van der Waals surface area contributed by atoms with Gasteiger partial charge in [0.1, 0.15) is 5.60 Å². The van der Waals surface area contributed by atoms with Gasteiger partial charge in [0.15, 0.2) is 0 Å². The molecule has 5 heteroatoms. The molecule has 2 N–H and O–H groups in total. The summed E-state index contributed by atoms with van der Waals surface area (Å²) in [7, 11) is -3.66. The smallest absolute Gasteiger partial charge is 0.292 e. The summed E-state index contributed by atoms with van der Waals surface area (Å²) in [4.78, 5) is 0. The first-order valence-corrected chi connectivity index (χ1v) is 7.77. The van der Waals surface area contributed by atoms with Gasteiger partial charge in [0.2, 0.25) is 0 Å². The summed E-state index contributed by atoms with van der Waals surface area (Å²) in [5.74, 6) is 0.281. The Kier molecular flexibility index (Phi) is 3.69. The number of hydrogen-bond acceptors (Lipinski definition) is 4. The van der Waals surface area contributed by atoms with Crippen molar-refractivity contribution in [3.8, 4) is 0 Å². The van der Waals surface area contributed by atoms with Gasteiger partial charge in [0.05, 0.1) is 11.1 Å². The van der Waals surface area contributed by atoms with E-state index in [4.69, 9.17) is 9.92 Å². The van der Waals surface area contributed by atoms with E-state index in [2.05, 4.69) is 0 Å². The predicted molar refractivity (Wildman–Crippen MR) is 74.6 cm³/mol. The average Bonchev–Trinajstić information content (AvgIpc) is 2.48. The summed E-state index contributed by atoms with van der Waals surface area (Å²) < 4.78 is 28.6. The van der Waals surface area contributed by atoms with E-state index in [9.17, 15) is 8.42 Å². The van der Waals surface area contributed by atoms with E-state index in [0.29, 0.717) is 18.5 Å². The molecule has 1 unspecified atom stereocenters. The van der Waals surface area contributed by atoms with Crippen molar-refractivity contribution in [2.45, 2.75) is 32.3 Å². The fraction of sp³-hybridized carbons (Fsp3) is 0.429. The zero-order chi connectivity index (χ0) is 14.1. The quantitative estimate of drug-likeness (QED) is 0.859. The van der Waals surface area contributed by atoms with E-state index in [1.165, 1.54) is 0 Å². The monoisotopic (exact) mass is 281 g/mol. The van der Waals surface area contributed by atoms with Crippen LogP contribution >= 0.6 is 0 Å². The van der Waals surface area contributed by atoms with Gasteiger partial charge in [-0.1, -0.05) is 44.2 Å². The fourth-order valence-electron chi connectivity index (χ4n) is 2.50. The van der Waals surface area contributed by atoms with Crippen molar-refractivity contribution in [1.82, 2.24) is 0 Å². The van der Waals surface area contributed by atoms with E-state index in [1.807, 2.05) is 44.2 Å². The molecule has 0 radical (unpaired) electrons. The first-order chi connectivity index (χ1) is 8.83. The van der Waals surface area contributed by atoms with Crippen molar-refractivity contribution in [1.29, 1.82) is 0 Å². The molecule has 0 bridgehead atoms. The van der Waals surface area contributed by atoms with Crippen LogP contribution in [-0.4, -0.2) is 14.0 Å². The molecule has 0 saturated carbocycles. The van der Waals surface area contributed by atoms with Gasteiger partial charge >= 0.3 is 0 Å². The lowest BCUT2D eigenvalue weighted by atomic mass is 9.84. The first-order valence-electron chi connectivity index (χ1n) is 6.30. The lowest BCUT2D eigenvalue weighted by molar-refractivity contribution is 0.101. The minimum Gasteiger partial charge on any atom is -0.399 e. The highest BCUT2D eigenvalue weighted by molar-refractivity contribution is 7.90. The molecule has 1 aliphatic heterocycles. The van der Waals surface area contributed by atoms with Gasteiger partial charge in [0, 0.05) is 6.42 Å². The Balaban J connectivity index is 2.35. The van der Waals surface area contributed by atoms with Crippen LogP contribution in [0, 0.1) is 5.92 Å². The summed E-state index contributed by atoms with van der Waals surface area (Å²) in [6.07, 6.45) is 1.04. The van der Waals surface area contributed by atoms with E-state index >= 15 is 0 Å². The Labute approximate surface area is 114 Å². The predicted octanol–water partition coefficient (Wildman–Crippen LogP) is 2.17. The molecule has 0 aromatic heterocycles. The summed E-state index contributed by atoms with van der Waals surface area (Å²) in [6.45, 7) is 4.04. The minimum atomic E-state index is -3.66. The molecule has 0 saturated heterocycles. The Morgan fingerprint density at radius 3 is 2.37 bits per heavy atom. The van der Waals surface area contributed by atoms with Gasteiger partial charge in [-0.05, 0) is 17.9 Å². The van der Waals surface area contributed by atoms with E-state index < -0.39 is 15.7 Å². The van der Waals surface area contributed by atoms with E-state index in [-0.39, 0.29) is 5.92 Å². The number of rotatable bonds is 4. The Bertz CT molecular complexity index is 578. The maximum atomic E-state index is 11.6. The average molecular weight is 281 g/mol. The van der Waals surface area contributed by atoms with Gasteiger partial charge in [-0.25, -0.2) is 0 Å². The van der Waals surface area contributed by atoms with Crippen molar-refractivity contribution in [3.63, 3.8) is 0 Å². The lowest BCUT2D eigenvalue weighted by Crippen LogP contribution is -2.39. The van der Waals surface area contributed by atoms with Crippen molar-refractivity contribution < 1.29 is 12.6 Å². The third-order valence-corrected chi connectivity index (χ3v) is 4.24. The molecule has 2 rings (SSSR count). The highest BCUT2D eigenvalue weighted by Gasteiger charge is 2.44. The van der Waals surface area contributed by atoms with Crippen LogP contribution in [-0.2, 0) is 20.7 Å². The molecule has 0 aliphatic carbocycles. The SMILES string of the molecule is CC(C)CC1(Cc2ccccc2)OS(=O)(=O)C=C1N. The van der Waals surface area contributed by atoms with E-state index in [0.717, 1.165) is 11.0 Å². The second kappa shape index (κ2) is 4.98. The third kappa shape index (κ3) is 3.16. The molecule has 1 aromatic carbocycles. The molecule has 0 spiro atoms. The molecule has 1 aliphatic rings. The van der Waals surface area contributed by atoms with Crippen molar-refractivity contribution in [2.24, 2.45) is 11.7 Å². The number of nitrogens with two attached hydrogens (primary N) is 1. The normalized spacial score (nSPS) is 25.5. The van der Waals surface area contributed by atoms with Gasteiger partial charge in [-0.15, -0.1) is 0 Å². The van der Waals surface area contributed by atoms with Crippen LogP contribution in [0.25, 0.3) is 0 Å². The van der Waals surface area contributed by atoms with Gasteiger partial charge in [0.25, 0.3) is 10.1 Å². The van der Waals surface area contributed by atoms with Crippen LogP contribution < -0.4 is 5.73 Å². The molecule has 1 heterocycles. The van der Waals surface area contributed by atoms with Crippen LogP contribution in [0.2, 0.25) is 0 Å². The Morgan fingerprint density at radius 2 is 1.89 bits per heavy atom. The molecule has 1 atom stereocenters. The summed E-state index contributed by atoms with van der Waals surface area (Å²) >= 11 is 0. The van der Waals surface area contributed by atoms with Crippen LogP contribution in [0.5, 0.6) is 0 Å². The molecule has 4 nitrogen and oxygen atoms in total. The van der Waals surface area contributed by atoms with Gasteiger partial charge in [-0.3, -0.25) is 4.18 Å². The first kappa shape index (κ1) is 14.1. The highest BCUT2D eigenvalue weighted by Crippen LogP contribution is 2.37. The number of benzene rings is 1. The summed E-state index contributed by atoms with van der Waals surface area (Å²) in [5, 5.41) is 1.04. The maximum absolute atomic E-state index is 11.6. The molecule has 1 aromatic rings. The molecular formula is C14H19NO3S. The Hall–Kier alpha value is -1.33. The van der Waals surface area contributed by atoms with Gasteiger partial charge < -0.3 is 5.73 Å². The standard InChI is InChI=1S/C14H19NO3S/c1-11(2)8-14(9-12-6-4-3-5-7-12)13(15)10-19(16,17)18-14/h3-7,10-11H,8-9,15H2,1-2H3. The fourth-order valence-corrected chi connectivity index (χ4v) is 3.74. The molecular weight excluding hydrogens is 262 g/mol. The molecule has 104 valence electrons. The van der Waals surface area contributed by atoms with Crippen molar-refractivity contribution in [3.05, 3.63) is 47.0 Å². The van der Waals surface area contributed by atoms with Crippen molar-refractivity contribution in [2.75, 3.05) is 0 Å². The summed E-state index contributed by atoms with van der Waals surface area (Å²) in [6, 6.07) is 9.65. The van der Waals surface area contributed by atoms with Crippen molar-refractivity contribution >= 4 is 10.1 Å². The maximum Gasteiger partial charge on any atom is 0.292 e. The Morgan fingerprint density at radius 1 is 1.26 bits per heavy atom. The molecule has 0 fully saturated rings. The second-order valence-corrected chi connectivity index (χ2v) is 6.79. The zero-order valence-electron chi connectivity index (χ0n) is 11.2. The van der Waals surface area contributed by atoms with Crippen LogP contribution in [0.15, 0.2) is 41.4 Å². The van der Waals surface area contributed by atoms with E-state index in [1.54, 1.807) is 0 Å². The van der Waals surface area contributed by atoms with Crippen LogP contribution in [0.1, 0.15) is 25.8 Å². The third-order valence-electron chi connectivity index (χ3n) is 3.14. The molecule has 0 amide bonds. The summed E-state index contributed by atoms with van der Waals surface area (Å²) in [5.41, 5.74) is 6.31. The second-order valence-electron chi connectivity index (χ2n) is 5.40.